The number of rotatable bonds is 2. The lowest BCUT2D eigenvalue weighted by atomic mass is 9.85. The highest BCUT2D eigenvalue weighted by Gasteiger charge is 2.37. The van der Waals surface area contributed by atoms with Crippen LogP contribution in [-0.2, 0) is 4.79 Å². The average Bonchev–Trinajstić information content (AvgIpc) is 2.73. The number of amides is 1. The number of likely N-dealkylation sites (tertiary alicyclic amines) is 1. The molecule has 0 unspecified atom stereocenters. The van der Waals surface area contributed by atoms with Crippen molar-refractivity contribution in [2.45, 2.75) is 19.8 Å². The van der Waals surface area contributed by atoms with Gasteiger partial charge < -0.3 is 16.4 Å². The van der Waals surface area contributed by atoms with Gasteiger partial charge in [-0.25, -0.2) is 0 Å². The van der Waals surface area contributed by atoms with Gasteiger partial charge in [-0.1, -0.05) is 23.8 Å². The third-order valence-electron chi connectivity index (χ3n) is 3.89. The molecule has 0 aromatic heterocycles. The molecule has 108 valence electrons. The Kier molecular flexibility index (Phi) is 4.09. The molecule has 1 heterocycles. The molecule has 5 nitrogen and oxygen atoms in total. The molecule has 1 saturated heterocycles. The van der Waals surface area contributed by atoms with Crippen LogP contribution in [0.3, 0.4) is 0 Å². The molecular formula is C15H22N4O. The van der Waals surface area contributed by atoms with Gasteiger partial charge in [0.05, 0.1) is 5.92 Å². The molecule has 0 spiro atoms. The van der Waals surface area contributed by atoms with E-state index in [0.717, 1.165) is 6.54 Å². The van der Waals surface area contributed by atoms with E-state index in [1.165, 1.54) is 16.7 Å². The second-order valence-electron chi connectivity index (χ2n) is 5.67. The number of nitrogens with zero attached hydrogens (tertiary/aromatic N) is 2. The SMILES string of the molecule is Cc1ccc(C)c([C@H]2CN(C)C[C@@H]2C(=O)N=C(N)N)c1. The summed E-state index contributed by atoms with van der Waals surface area (Å²) >= 11 is 0. The van der Waals surface area contributed by atoms with Gasteiger partial charge in [0.1, 0.15) is 0 Å². The molecule has 4 N–H and O–H groups in total. The monoisotopic (exact) mass is 274 g/mol. The Hall–Kier alpha value is -1.88. The van der Waals surface area contributed by atoms with Gasteiger partial charge in [-0.2, -0.15) is 4.99 Å². The number of carbonyl (C=O) groups excluding carboxylic acids is 1. The topological polar surface area (TPSA) is 84.7 Å². The maximum absolute atomic E-state index is 12.2. The van der Waals surface area contributed by atoms with Crippen molar-refractivity contribution >= 4 is 11.9 Å². The summed E-state index contributed by atoms with van der Waals surface area (Å²) in [5.41, 5.74) is 14.3. The van der Waals surface area contributed by atoms with Crippen LogP contribution in [0.4, 0.5) is 0 Å². The zero-order valence-electron chi connectivity index (χ0n) is 12.3. The van der Waals surface area contributed by atoms with E-state index in [2.05, 4.69) is 41.9 Å². The highest BCUT2D eigenvalue weighted by atomic mass is 16.1. The Bertz CT molecular complexity index is 549. The van der Waals surface area contributed by atoms with Crippen molar-refractivity contribution in [3.63, 3.8) is 0 Å². The van der Waals surface area contributed by atoms with Gasteiger partial charge in [0, 0.05) is 19.0 Å². The third kappa shape index (κ3) is 2.99. The van der Waals surface area contributed by atoms with Crippen LogP contribution < -0.4 is 11.5 Å². The van der Waals surface area contributed by atoms with Gasteiger partial charge in [-0.3, -0.25) is 4.79 Å². The summed E-state index contributed by atoms with van der Waals surface area (Å²) in [6, 6.07) is 6.35. The molecule has 2 atom stereocenters. The molecule has 1 aliphatic rings. The predicted molar refractivity (Wildman–Crippen MR) is 80.5 cm³/mol. The number of nitrogens with two attached hydrogens (primary N) is 2. The Balaban J connectivity index is 2.35. The summed E-state index contributed by atoms with van der Waals surface area (Å²) in [6.45, 7) is 5.68. The van der Waals surface area contributed by atoms with Gasteiger partial charge in [0.2, 0.25) is 0 Å². The lowest BCUT2D eigenvalue weighted by Gasteiger charge is -2.19. The molecule has 1 amide bonds. The molecule has 1 fully saturated rings. The minimum Gasteiger partial charge on any atom is -0.370 e. The number of carbonyl (C=O) groups is 1. The molecule has 0 bridgehead atoms. The fourth-order valence-corrected chi connectivity index (χ4v) is 2.94. The number of guanidine groups is 1. The smallest absolute Gasteiger partial charge is 0.253 e. The summed E-state index contributed by atoms with van der Waals surface area (Å²) in [5, 5.41) is 0. The van der Waals surface area contributed by atoms with E-state index in [1.807, 2.05) is 7.05 Å². The van der Waals surface area contributed by atoms with Crippen molar-refractivity contribution in [3.05, 3.63) is 34.9 Å². The lowest BCUT2D eigenvalue weighted by molar-refractivity contribution is -0.121. The van der Waals surface area contributed by atoms with Crippen LogP contribution in [0.5, 0.6) is 0 Å². The minimum absolute atomic E-state index is 0.149. The first-order chi connectivity index (χ1) is 9.38. The molecule has 1 aliphatic heterocycles. The van der Waals surface area contributed by atoms with Crippen LogP contribution in [0.15, 0.2) is 23.2 Å². The van der Waals surface area contributed by atoms with E-state index < -0.39 is 0 Å². The second-order valence-corrected chi connectivity index (χ2v) is 5.67. The van der Waals surface area contributed by atoms with E-state index in [0.29, 0.717) is 6.54 Å². The molecule has 0 radical (unpaired) electrons. The Labute approximate surface area is 119 Å². The minimum atomic E-state index is -0.222. The molecule has 0 saturated carbocycles. The van der Waals surface area contributed by atoms with E-state index in [9.17, 15) is 4.79 Å². The maximum Gasteiger partial charge on any atom is 0.253 e. The molecule has 20 heavy (non-hydrogen) atoms. The van der Waals surface area contributed by atoms with Crippen molar-refractivity contribution in [1.29, 1.82) is 0 Å². The predicted octanol–water partition coefficient (Wildman–Crippen LogP) is 0.749. The van der Waals surface area contributed by atoms with Gasteiger partial charge in [-0.05, 0) is 32.0 Å². The van der Waals surface area contributed by atoms with E-state index in [-0.39, 0.29) is 23.7 Å². The zero-order chi connectivity index (χ0) is 14.9. The molecule has 5 heteroatoms. The second kappa shape index (κ2) is 5.63. The first-order valence-electron chi connectivity index (χ1n) is 6.77. The number of benzene rings is 1. The number of aryl methyl sites for hydroxylation is 2. The summed E-state index contributed by atoms with van der Waals surface area (Å²) < 4.78 is 0. The zero-order valence-corrected chi connectivity index (χ0v) is 12.3. The Morgan fingerprint density at radius 2 is 2.00 bits per heavy atom. The number of aliphatic imine (C=N–C) groups is 1. The van der Waals surface area contributed by atoms with Crippen molar-refractivity contribution in [3.8, 4) is 0 Å². The fourth-order valence-electron chi connectivity index (χ4n) is 2.94. The number of likely N-dealkylation sites (N-methyl/N-ethyl adjacent to an activating group) is 1. The quantitative estimate of drug-likeness (QED) is 0.615. The van der Waals surface area contributed by atoms with Gasteiger partial charge in [0.25, 0.3) is 5.91 Å². The van der Waals surface area contributed by atoms with Crippen molar-refractivity contribution in [1.82, 2.24) is 4.90 Å². The van der Waals surface area contributed by atoms with E-state index in [4.69, 9.17) is 11.5 Å². The summed E-state index contributed by atoms with van der Waals surface area (Å²) in [5.74, 6) is -0.414. The van der Waals surface area contributed by atoms with Crippen LogP contribution >= 0.6 is 0 Å². The first kappa shape index (κ1) is 14.5. The highest BCUT2D eigenvalue weighted by Crippen LogP contribution is 2.34. The Morgan fingerprint density at radius 1 is 1.30 bits per heavy atom. The van der Waals surface area contributed by atoms with Gasteiger partial charge >= 0.3 is 0 Å². The van der Waals surface area contributed by atoms with Gasteiger partial charge in [0.15, 0.2) is 5.96 Å². The molecule has 0 aliphatic carbocycles. The van der Waals surface area contributed by atoms with Crippen molar-refractivity contribution < 1.29 is 4.79 Å². The van der Waals surface area contributed by atoms with Crippen LogP contribution in [0.25, 0.3) is 0 Å². The number of hydrogen-bond donors (Lipinski definition) is 2. The maximum atomic E-state index is 12.2. The van der Waals surface area contributed by atoms with Crippen LogP contribution in [0.1, 0.15) is 22.6 Å². The largest absolute Gasteiger partial charge is 0.370 e. The summed E-state index contributed by atoms with van der Waals surface area (Å²) in [6.07, 6.45) is 0. The van der Waals surface area contributed by atoms with Crippen molar-refractivity contribution in [2.24, 2.45) is 22.4 Å². The van der Waals surface area contributed by atoms with E-state index in [1.54, 1.807) is 0 Å². The van der Waals surface area contributed by atoms with Crippen LogP contribution in [0, 0.1) is 19.8 Å². The third-order valence-corrected chi connectivity index (χ3v) is 3.89. The molecule has 1 aromatic rings. The van der Waals surface area contributed by atoms with Gasteiger partial charge in [-0.15, -0.1) is 0 Å². The van der Waals surface area contributed by atoms with E-state index >= 15 is 0 Å². The Morgan fingerprint density at radius 3 is 2.65 bits per heavy atom. The standard InChI is InChI=1S/C15H22N4O/c1-9-4-5-10(2)11(6-9)12-7-19(3)8-13(12)14(20)18-15(16)17/h4-6,12-13H,7-8H2,1-3H3,(H4,16,17,18,20)/t12-,13+/m1/s1. The lowest BCUT2D eigenvalue weighted by Crippen LogP contribution is -2.28. The summed E-state index contributed by atoms with van der Waals surface area (Å²) in [7, 11) is 2.01. The van der Waals surface area contributed by atoms with Crippen LogP contribution in [0.2, 0.25) is 0 Å². The van der Waals surface area contributed by atoms with Crippen molar-refractivity contribution in [2.75, 3.05) is 20.1 Å². The first-order valence-corrected chi connectivity index (χ1v) is 6.77. The molecule has 1 aromatic carbocycles. The summed E-state index contributed by atoms with van der Waals surface area (Å²) in [4.78, 5) is 18.1. The fraction of sp³-hybridized carbons (Fsp3) is 0.467. The highest BCUT2D eigenvalue weighted by molar-refractivity contribution is 5.93. The average molecular weight is 274 g/mol. The normalized spacial score (nSPS) is 22.8. The molecular weight excluding hydrogens is 252 g/mol. The molecule has 2 rings (SSSR count). The van der Waals surface area contributed by atoms with Crippen LogP contribution in [-0.4, -0.2) is 36.9 Å². The number of hydrogen-bond acceptors (Lipinski definition) is 2.